The summed E-state index contributed by atoms with van der Waals surface area (Å²) in [5.41, 5.74) is 1.10. The molecule has 1 aliphatic rings. The van der Waals surface area contributed by atoms with E-state index in [1.54, 1.807) is 17.5 Å². The number of hydrogen-bond acceptors (Lipinski definition) is 4. The second-order valence-electron chi connectivity index (χ2n) is 4.64. The molecule has 1 unspecified atom stereocenters. The summed E-state index contributed by atoms with van der Waals surface area (Å²) in [6.45, 7) is 2.08. The summed E-state index contributed by atoms with van der Waals surface area (Å²) < 4.78 is 0. The Morgan fingerprint density at radius 1 is 1.56 bits per heavy atom. The van der Waals surface area contributed by atoms with Crippen LogP contribution < -0.4 is 5.32 Å². The third-order valence-corrected chi connectivity index (χ3v) is 4.91. The van der Waals surface area contributed by atoms with Crippen molar-refractivity contribution in [1.29, 1.82) is 0 Å². The quantitative estimate of drug-likeness (QED) is 0.931. The van der Waals surface area contributed by atoms with Gasteiger partial charge in [0, 0.05) is 17.0 Å². The number of thiazole rings is 1. The predicted molar refractivity (Wildman–Crippen MR) is 75.1 cm³/mol. The van der Waals surface area contributed by atoms with Crippen LogP contribution in [0.2, 0.25) is 0 Å². The molecule has 1 saturated carbocycles. The molecular weight excluding hydrogens is 264 g/mol. The van der Waals surface area contributed by atoms with Crippen LogP contribution in [0.5, 0.6) is 0 Å². The van der Waals surface area contributed by atoms with Gasteiger partial charge < -0.3 is 5.32 Å². The molecule has 94 valence electrons. The van der Waals surface area contributed by atoms with E-state index in [1.807, 2.05) is 16.8 Å². The lowest BCUT2D eigenvalue weighted by atomic mass is 10.2. The monoisotopic (exact) mass is 278 g/mol. The summed E-state index contributed by atoms with van der Waals surface area (Å²) in [5.74, 6) is 0.687. The van der Waals surface area contributed by atoms with Gasteiger partial charge in [-0.2, -0.15) is 11.3 Å². The Balaban J connectivity index is 1.70. The van der Waals surface area contributed by atoms with E-state index in [0.717, 1.165) is 10.6 Å². The maximum atomic E-state index is 12.0. The molecule has 3 rings (SSSR count). The van der Waals surface area contributed by atoms with Crippen molar-refractivity contribution < 1.29 is 4.79 Å². The first-order chi connectivity index (χ1) is 8.74. The van der Waals surface area contributed by atoms with E-state index in [9.17, 15) is 4.79 Å². The van der Waals surface area contributed by atoms with E-state index < -0.39 is 0 Å². The summed E-state index contributed by atoms with van der Waals surface area (Å²) in [4.78, 5) is 17.0. The van der Waals surface area contributed by atoms with Crippen LogP contribution in [0, 0.1) is 5.92 Å². The van der Waals surface area contributed by atoms with Gasteiger partial charge in [-0.15, -0.1) is 11.3 Å². The van der Waals surface area contributed by atoms with Gasteiger partial charge in [0.05, 0.1) is 6.20 Å². The second kappa shape index (κ2) is 4.82. The highest BCUT2D eigenvalue weighted by Gasteiger charge is 2.29. The zero-order valence-electron chi connectivity index (χ0n) is 10.1. The van der Waals surface area contributed by atoms with Gasteiger partial charge in [0.2, 0.25) is 0 Å². The van der Waals surface area contributed by atoms with Gasteiger partial charge in [0.25, 0.3) is 5.91 Å². The molecular formula is C13H14N2OS2. The molecule has 1 aliphatic carbocycles. The lowest BCUT2D eigenvalue weighted by Crippen LogP contribution is -2.33. The Labute approximate surface area is 114 Å². The van der Waals surface area contributed by atoms with E-state index >= 15 is 0 Å². The molecule has 5 heteroatoms. The summed E-state index contributed by atoms with van der Waals surface area (Å²) in [5, 5.41) is 8.04. The van der Waals surface area contributed by atoms with Crippen LogP contribution in [-0.4, -0.2) is 16.9 Å². The average Bonchev–Trinajstić information content (AvgIpc) is 2.89. The third kappa shape index (κ3) is 2.47. The fourth-order valence-corrected chi connectivity index (χ4v) is 3.42. The van der Waals surface area contributed by atoms with Crippen LogP contribution in [0.3, 0.4) is 0 Å². The van der Waals surface area contributed by atoms with E-state index in [4.69, 9.17) is 0 Å². The molecule has 3 nitrogen and oxygen atoms in total. The third-order valence-electron chi connectivity index (χ3n) is 3.19. The highest BCUT2D eigenvalue weighted by molar-refractivity contribution is 7.17. The van der Waals surface area contributed by atoms with Crippen molar-refractivity contribution in [3.05, 3.63) is 27.9 Å². The number of amides is 1. The van der Waals surface area contributed by atoms with Crippen molar-refractivity contribution in [3.8, 4) is 10.6 Å². The molecule has 2 heterocycles. The Hall–Kier alpha value is -1.20. The maximum absolute atomic E-state index is 12.0. The lowest BCUT2D eigenvalue weighted by molar-refractivity contribution is 0.0940. The van der Waals surface area contributed by atoms with Crippen LogP contribution >= 0.6 is 22.7 Å². The molecule has 0 saturated heterocycles. The summed E-state index contributed by atoms with van der Waals surface area (Å²) in [6.07, 6.45) is 4.15. The molecule has 1 N–H and O–H groups in total. The molecule has 1 amide bonds. The van der Waals surface area contributed by atoms with E-state index in [-0.39, 0.29) is 11.9 Å². The summed E-state index contributed by atoms with van der Waals surface area (Å²) in [7, 11) is 0. The number of nitrogens with zero attached hydrogens (tertiary/aromatic N) is 1. The minimum absolute atomic E-state index is 0.00776. The minimum atomic E-state index is 0.00776. The maximum Gasteiger partial charge on any atom is 0.263 e. The number of thiophene rings is 1. The first kappa shape index (κ1) is 11.9. The summed E-state index contributed by atoms with van der Waals surface area (Å²) >= 11 is 3.10. The van der Waals surface area contributed by atoms with Gasteiger partial charge >= 0.3 is 0 Å². The van der Waals surface area contributed by atoms with Gasteiger partial charge in [-0.05, 0) is 37.1 Å². The van der Waals surface area contributed by atoms with Crippen molar-refractivity contribution in [1.82, 2.24) is 10.3 Å². The van der Waals surface area contributed by atoms with Gasteiger partial charge in [0.1, 0.15) is 9.88 Å². The largest absolute Gasteiger partial charge is 0.349 e. The number of rotatable bonds is 4. The van der Waals surface area contributed by atoms with E-state index in [1.165, 1.54) is 24.2 Å². The molecule has 0 radical (unpaired) electrons. The first-order valence-electron chi connectivity index (χ1n) is 6.03. The minimum Gasteiger partial charge on any atom is -0.349 e. The molecule has 0 spiro atoms. The van der Waals surface area contributed by atoms with Crippen LogP contribution in [-0.2, 0) is 0 Å². The van der Waals surface area contributed by atoms with Gasteiger partial charge in [-0.25, -0.2) is 4.98 Å². The number of carbonyl (C=O) groups is 1. The first-order valence-corrected chi connectivity index (χ1v) is 7.79. The molecule has 0 bridgehead atoms. The standard InChI is InChI=1S/C13H14N2OS2/c1-8(9-2-3-9)15-12(16)11-6-14-13(18-11)10-4-5-17-7-10/h4-9H,2-3H2,1H3,(H,15,16). The van der Waals surface area contributed by atoms with Crippen molar-refractivity contribution in [2.24, 2.45) is 5.92 Å². The van der Waals surface area contributed by atoms with Crippen molar-refractivity contribution in [3.63, 3.8) is 0 Å². The fraction of sp³-hybridized carbons (Fsp3) is 0.385. The highest BCUT2D eigenvalue weighted by Crippen LogP contribution is 2.33. The Morgan fingerprint density at radius 2 is 2.39 bits per heavy atom. The van der Waals surface area contributed by atoms with Crippen LogP contribution in [0.25, 0.3) is 10.6 Å². The normalized spacial score (nSPS) is 16.5. The molecule has 2 aromatic heterocycles. The molecule has 2 aromatic rings. The predicted octanol–water partition coefficient (Wildman–Crippen LogP) is 3.40. The van der Waals surface area contributed by atoms with Crippen LogP contribution in [0.1, 0.15) is 29.4 Å². The smallest absolute Gasteiger partial charge is 0.263 e. The second-order valence-corrected chi connectivity index (χ2v) is 6.45. The molecule has 0 aromatic carbocycles. The van der Waals surface area contributed by atoms with Gasteiger partial charge in [-0.1, -0.05) is 0 Å². The molecule has 18 heavy (non-hydrogen) atoms. The Kier molecular flexibility index (Phi) is 3.18. The molecule has 1 atom stereocenters. The number of nitrogens with one attached hydrogen (secondary N) is 1. The number of carbonyl (C=O) groups excluding carboxylic acids is 1. The molecule has 1 fully saturated rings. The average molecular weight is 278 g/mol. The Morgan fingerprint density at radius 3 is 3.06 bits per heavy atom. The van der Waals surface area contributed by atoms with E-state index in [0.29, 0.717) is 10.8 Å². The van der Waals surface area contributed by atoms with Gasteiger partial charge in [-0.3, -0.25) is 4.79 Å². The van der Waals surface area contributed by atoms with Crippen molar-refractivity contribution >= 4 is 28.6 Å². The van der Waals surface area contributed by atoms with Crippen molar-refractivity contribution in [2.75, 3.05) is 0 Å². The topological polar surface area (TPSA) is 42.0 Å². The zero-order chi connectivity index (χ0) is 12.5. The van der Waals surface area contributed by atoms with Gasteiger partial charge in [0.15, 0.2) is 0 Å². The van der Waals surface area contributed by atoms with E-state index in [2.05, 4.69) is 17.2 Å². The molecule has 0 aliphatic heterocycles. The number of hydrogen-bond donors (Lipinski definition) is 1. The number of aromatic nitrogens is 1. The fourth-order valence-electron chi connectivity index (χ4n) is 1.89. The van der Waals surface area contributed by atoms with Crippen LogP contribution in [0.4, 0.5) is 0 Å². The van der Waals surface area contributed by atoms with Crippen LogP contribution in [0.15, 0.2) is 23.0 Å². The zero-order valence-corrected chi connectivity index (χ0v) is 11.7. The SMILES string of the molecule is CC(NC(=O)c1cnc(-c2ccsc2)s1)C1CC1. The summed E-state index contributed by atoms with van der Waals surface area (Å²) in [6, 6.07) is 2.31. The Bertz CT molecular complexity index is 543. The van der Waals surface area contributed by atoms with Crippen molar-refractivity contribution in [2.45, 2.75) is 25.8 Å². The lowest BCUT2D eigenvalue weighted by Gasteiger charge is -2.10. The highest BCUT2D eigenvalue weighted by atomic mass is 32.1.